The number of aromatic hydroxyl groups is 1. The number of aromatic nitrogens is 2. The standard InChI is InChI=1S/C30H27N3O6/c1-16-11-26(34)28(36)29(39-16)21(22-12-17-7-8-18(38-2)13-24(17)32-30(22)37)14-27(35)33-10-9-20-19-5-3-4-6-23(19)31-25(20)15-33/h3-8,11-13,21,31,36H,9-10,14-15H2,1-2H3,(H,32,37)/t21-/m0/s1. The monoisotopic (exact) mass is 525 g/mol. The molecule has 0 aliphatic carbocycles. The predicted octanol–water partition coefficient (Wildman–Crippen LogP) is 4.09. The van der Waals surface area contributed by atoms with E-state index in [-0.39, 0.29) is 29.4 Å². The van der Waals surface area contributed by atoms with Gasteiger partial charge in [-0.15, -0.1) is 0 Å². The minimum Gasteiger partial charge on any atom is -0.502 e. The number of fused-ring (bicyclic) bond motifs is 4. The van der Waals surface area contributed by atoms with Crippen molar-refractivity contribution in [2.45, 2.75) is 32.2 Å². The predicted molar refractivity (Wildman–Crippen MR) is 146 cm³/mol. The molecular formula is C30H27N3O6. The molecule has 0 saturated heterocycles. The molecule has 198 valence electrons. The van der Waals surface area contributed by atoms with Crippen molar-refractivity contribution in [3.8, 4) is 11.5 Å². The molecular weight excluding hydrogens is 498 g/mol. The van der Waals surface area contributed by atoms with Gasteiger partial charge in [-0.1, -0.05) is 18.2 Å². The number of aromatic amines is 2. The summed E-state index contributed by atoms with van der Waals surface area (Å²) in [5.41, 5.74) is 2.91. The van der Waals surface area contributed by atoms with E-state index < -0.39 is 22.7 Å². The summed E-state index contributed by atoms with van der Waals surface area (Å²) in [7, 11) is 1.54. The average molecular weight is 526 g/mol. The van der Waals surface area contributed by atoms with Crippen LogP contribution in [0.15, 0.2) is 68.6 Å². The summed E-state index contributed by atoms with van der Waals surface area (Å²) >= 11 is 0. The highest BCUT2D eigenvalue weighted by atomic mass is 16.5. The molecule has 6 rings (SSSR count). The van der Waals surface area contributed by atoms with Crippen LogP contribution in [0, 0.1) is 6.92 Å². The summed E-state index contributed by atoms with van der Waals surface area (Å²) < 4.78 is 11.1. The summed E-state index contributed by atoms with van der Waals surface area (Å²) in [6.07, 6.45) is 0.527. The molecule has 3 aromatic heterocycles. The summed E-state index contributed by atoms with van der Waals surface area (Å²) in [6, 6.07) is 16.2. The van der Waals surface area contributed by atoms with E-state index in [9.17, 15) is 19.5 Å². The van der Waals surface area contributed by atoms with Crippen LogP contribution in [0.2, 0.25) is 0 Å². The van der Waals surface area contributed by atoms with Gasteiger partial charge >= 0.3 is 0 Å². The van der Waals surface area contributed by atoms with Crippen molar-refractivity contribution < 1.29 is 19.1 Å². The topological polar surface area (TPSA) is 129 Å². The molecule has 1 aliphatic rings. The largest absolute Gasteiger partial charge is 0.502 e. The second-order valence-electron chi connectivity index (χ2n) is 9.89. The van der Waals surface area contributed by atoms with Gasteiger partial charge in [0.2, 0.25) is 17.1 Å². The van der Waals surface area contributed by atoms with Crippen molar-refractivity contribution in [3.63, 3.8) is 0 Å². The third-order valence-electron chi connectivity index (χ3n) is 7.46. The maximum atomic E-state index is 13.7. The molecule has 39 heavy (non-hydrogen) atoms. The molecule has 4 heterocycles. The Hall–Kier alpha value is -4.79. The minimum absolute atomic E-state index is 0.102. The summed E-state index contributed by atoms with van der Waals surface area (Å²) in [5.74, 6) is -1.06. The van der Waals surface area contributed by atoms with Crippen LogP contribution < -0.4 is 15.7 Å². The number of aryl methyl sites for hydroxylation is 1. The van der Waals surface area contributed by atoms with Crippen molar-refractivity contribution in [1.82, 2.24) is 14.9 Å². The lowest BCUT2D eigenvalue weighted by atomic mass is 9.91. The van der Waals surface area contributed by atoms with Gasteiger partial charge in [0.1, 0.15) is 11.5 Å². The van der Waals surface area contributed by atoms with E-state index in [1.165, 1.54) is 18.7 Å². The molecule has 1 atom stereocenters. The fraction of sp³-hybridized carbons (Fsp3) is 0.233. The molecule has 9 heteroatoms. The maximum Gasteiger partial charge on any atom is 0.252 e. The number of benzene rings is 2. The van der Waals surface area contributed by atoms with Crippen LogP contribution in [0.25, 0.3) is 21.8 Å². The van der Waals surface area contributed by atoms with E-state index in [1.807, 2.05) is 18.2 Å². The third kappa shape index (κ3) is 4.35. The number of nitrogens with zero attached hydrogens (tertiary/aromatic N) is 1. The zero-order valence-electron chi connectivity index (χ0n) is 21.5. The Morgan fingerprint density at radius 2 is 1.92 bits per heavy atom. The molecule has 3 N–H and O–H groups in total. The van der Waals surface area contributed by atoms with Crippen LogP contribution >= 0.6 is 0 Å². The highest BCUT2D eigenvalue weighted by Crippen LogP contribution is 2.34. The van der Waals surface area contributed by atoms with Crippen LogP contribution in [-0.2, 0) is 17.8 Å². The number of H-pyrrole nitrogens is 2. The Balaban J connectivity index is 1.40. The number of amides is 1. The Morgan fingerprint density at radius 3 is 2.74 bits per heavy atom. The first-order valence-electron chi connectivity index (χ1n) is 12.7. The third-order valence-corrected chi connectivity index (χ3v) is 7.46. The molecule has 9 nitrogen and oxygen atoms in total. The lowest BCUT2D eigenvalue weighted by Gasteiger charge is -2.29. The van der Waals surface area contributed by atoms with Crippen LogP contribution in [0.1, 0.15) is 40.7 Å². The van der Waals surface area contributed by atoms with Crippen molar-refractivity contribution >= 4 is 27.7 Å². The minimum atomic E-state index is -0.982. The number of hydrogen-bond acceptors (Lipinski definition) is 6. The number of hydrogen-bond donors (Lipinski definition) is 3. The summed E-state index contributed by atoms with van der Waals surface area (Å²) in [5, 5.41) is 12.6. The first-order valence-corrected chi connectivity index (χ1v) is 12.7. The van der Waals surface area contributed by atoms with E-state index in [4.69, 9.17) is 9.15 Å². The fourth-order valence-corrected chi connectivity index (χ4v) is 5.50. The zero-order valence-corrected chi connectivity index (χ0v) is 21.5. The van der Waals surface area contributed by atoms with Gasteiger partial charge in [0.05, 0.1) is 25.1 Å². The zero-order chi connectivity index (χ0) is 27.3. The highest BCUT2D eigenvalue weighted by Gasteiger charge is 2.32. The van der Waals surface area contributed by atoms with Gasteiger partial charge in [-0.2, -0.15) is 0 Å². The first kappa shape index (κ1) is 24.5. The van der Waals surface area contributed by atoms with Crippen LogP contribution in [0.4, 0.5) is 0 Å². The molecule has 5 aromatic rings. The first-order chi connectivity index (χ1) is 18.8. The summed E-state index contributed by atoms with van der Waals surface area (Å²) in [6.45, 7) is 2.49. The van der Waals surface area contributed by atoms with Crippen molar-refractivity contribution in [1.29, 1.82) is 0 Å². The van der Waals surface area contributed by atoms with Crippen LogP contribution in [-0.4, -0.2) is 39.5 Å². The number of carbonyl (C=O) groups is 1. The number of methoxy groups -OCH3 is 1. The normalized spacial score (nSPS) is 13.9. The van der Waals surface area contributed by atoms with Gasteiger partial charge in [-0.25, -0.2) is 0 Å². The van der Waals surface area contributed by atoms with E-state index in [2.05, 4.69) is 16.0 Å². The molecule has 1 amide bonds. The van der Waals surface area contributed by atoms with Crippen LogP contribution in [0.3, 0.4) is 0 Å². The molecule has 0 bridgehead atoms. The second kappa shape index (κ2) is 9.50. The van der Waals surface area contributed by atoms with Gasteiger partial charge < -0.3 is 29.1 Å². The Bertz CT molecular complexity index is 1870. The summed E-state index contributed by atoms with van der Waals surface area (Å²) in [4.78, 5) is 47.5. The van der Waals surface area contributed by atoms with Crippen molar-refractivity contribution in [2.75, 3.05) is 13.7 Å². The number of carbonyl (C=O) groups excluding carboxylic acids is 1. The SMILES string of the molecule is COc1ccc2cc([C@H](CC(=O)N3CCc4c([nH]c5ccccc45)C3)c3oc(C)cc(=O)c3O)c(=O)[nH]c2c1. The molecule has 2 aromatic carbocycles. The van der Waals surface area contributed by atoms with E-state index in [0.717, 1.165) is 16.6 Å². The number of para-hydroxylation sites is 1. The highest BCUT2D eigenvalue weighted by molar-refractivity contribution is 5.86. The second-order valence-corrected chi connectivity index (χ2v) is 9.89. The van der Waals surface area contributed by atoms with Gasteiger partial charge in [0.25, 0.3) is 5.56 Å². The number of rotatable bonds is 5. The number of nitrogens with one attached hydrogen (secondary N) is 2. The van der Waals surface area contributed by atoms with Crippen LogP contribution in [0.5, 0.6) is 11.5 Å². The fourth-order valence-electron chi connectivity index (χ4n) is 5.50. The molecule has 0 unspecified atom stereocenters. The maximum absolute atomic E-state index is 13.7. The lowest BCUT2D eigenvalue weighted by molar-refractivity contribution is -0.132. The quantitative estimate of drug-likeness (QED) is 0.317. The number of ether oxygens (including phenoxy) is 1. The van der Waals surface area contributed by atoms with Gasteiger partial charge in [-0.05, 0) is 48.6 Å². The Labute approximate surface area is 222 Å². The number of pyridine rings is 1. The van der Waals surface area contributed by atoms with Crippen molar-refractivity contribution in [3.05, 3.63) is 104 Å². The van der Waals surface area contributed by atoms with E-state index >= 15 is 0 Å². The van der Waals surface area contributed by atoms with E-state index in [0.29, 0.717) is 36.2 Å². The molecule has 0 radical (unpaired) electrons. The molecule has 0 spiro atoms. The molecule has 0 saturated carbocycles. The van der Waals surface area contributed by atoms with Gasteiger partial charge in [0, 0.05) is 47.3 Å². The smallest absolute Gasteiger partial charge is 0.252 e. The van der Waals surface area contributed by atoms with Crippen molar-refractivity contribution in [2.24, 2.45) is 0 Å². The van der Waals surface area contributed by atoms with Gasteiger partial charge in [0.15, 0.2) is 5.76 Å². The molecule has 0 fully saturated rings. The molecule has 1 aliphatic heterocycles. The average Bonchev–Trinajstić information content (AvgIpc) is 3.31. The van der Waals surface area contributed by atoms with E-state index in [1.54, 1.807) is 36.1 Å². The van der Waals surface area contributed by atoms with Gasteiger partial charge in [-0.3, -0.25) is 14.4 Å². The Morgan fingerprint density at radius 1 is 1.10 bits per heavy atom. The Kier molecular flexibility index (Phi) is 5.98. The lowest BCUT2D eigenvalue weighted by Crippen LogP contribution is -2.37.